The molecule has 3 nitrogen and oxygen atoms in total. The van der Waals surface area contributed by atoms with Crippen molar-refractivity contribution in [1.29, 1.82) is 0 Å². The zero-order valence-electron chi connectivity index (χ0n) is 13.3. The van der Waals surface area contributed by atoms with Crippen LogP contribution in [-0.4, -0.2) is 10.3 Å². The third-order valence-electron chi connectivity index (χ3n) is 4.16. The van der Waals surface area contributed by atoms with E-state index in [4.69, 9.17) is 0 Å². The van der Waals surface area contributed by atoms with Crippen LogP contribution in [0.5, 0.6) is 0 Å². The van der Waals surface area contributed by atoms with E-state index in [1.165, 1.54) is 22.3 Å². The molecule has 0 spiro atoms. The number of aryl methyl sites for hydroxylation is 1. The lowest BCUT2D eigenvalue weighted by atomic mass is 9.72. The van der Waals surface area contributed by atoms with Gasteiger partial charge < -0.3 is 4.57 Å². The van der Waals surface area contributed by atoms with Crippen LogP contribution >= 0.6 is 11.3 Å². The minimum Gasteiger partial charge on any atom is -0.318 e. The number of rotatable bonds is 1. The van der Waals surface area contributed by atoms with E-state index in [0.29, 0.717) is 11.3 Å². The van der Waals surface area contributed by atoms with Crippen molar-refractivity contribution in [2.45, 2.75) is 40.0 Å². The highest BCUT2D eigenvalue weighted by molar-refractivity contribution is 7.16. The first-order valence-corrected chi connectivity index (χ1v) is 8.40. The first-order valence-electron chi connectivity index (χ1n) is 7.59. The highest BCUT2D eigenvalue weighted by Gasteiger charge is 2.29. The van der Waals surface area contributed by atoms with E-state index in [0.717, 1.165) is 17.6 Å². The van der Waals surface area contributed by atoms with E-state index in [1.807, 2.05) is 0 Å². The lowest BCUT2D eigenvalue weighted by Gasteiger charge is -2.33. The van der Waals surface area contributed by atoms with Crippen LogP contribution in [0.3, 0.4) is 0 Å². The van der Waals surface area contributed by atoms with Gasteiger partial charge in [-0.2, -0.15) is 5.10 Å². The van der Waals surface area contributed by atoms with Gasteiger partial charge >= 0.3 is 0 Å². The van der Waals surface area contributed by atoms with Crippen molar-refractivity contribution < 1.29 is 0 Å². The highest BCUT2D eigenvalue weighted by Crippen LogP contribution is 2.37. The highest BCUT2D eigenvalue weighted by atomic mass is 32.1. The summed E-state index contributed by atoms with van der Waals surface area (Å²) in [4.78, 5) is 0.972. The molecule has 0 amide bonds. The lowest BCUT2D eigenvalue weighted by molar-refractivity contribution is 0.265. The van der Waals surface area contributed by atoms with Crippen molar-refractivity contribution in [2.75, 3.05) is 0 Å². The van der Waals surface area contributed by atoms with Crippen molar-refractivity contribution in [3.8, 4) is 0 Å². The molecule has 0 saturated heterocycles. The number of para-hydroxylation sites is 1. The molecule has 2 aromatic rings. The Labute approximate surface area is 130 Å². The first-order chi connectivity index (χ1) is 9.94. The summed E-state index contributed by atoms with van der Waals surface area (Å²) in [6, 6.07) is 8.40. The van der Waals surface area contributed by atoms with Crippen molar-refractivity contribution in [1.82, 2.24) is 4.57 Å². The molecule has 3 rings (SSSR count). The second-order valence-electron chi connectivity index (χ2n) is 7.03. The van der Waals surface area contributed by atoms with Gasteiger partial charge in [-0.25, -0.2) is 0 Å². The number of nitrogens with zero attached hydrogens (tertiary/aromatic N) is 3. The molecule has 1 fully saturated rings. The smallest absolute Gasteiger partial charge is 0.211 e. The van der Waals surface area contributed by atoms with E-state index < -0.39 is 0 Å². The fourth-order valence-electron chi connectivity index (χ4n) is 3.48. The van der Waals surface area contributed by atoms with Gasteiger partial charge in [0.1, 0.15) is 0 Å². The predicted molar refractivity (Wildman–Crippen MR) is 90.6 cm³/mol. The van der Waals surface area contributed by atoms with Crippen LogP contribution in [-0.2, 0) is 7.05 Å². The number of benzene rings is 1. The summed E-state index contributed by atoms with van der Waals surface area (Å²) in [7, 11) is 2.06. The van der Waals surface area contributed by atoms with Crippen molar-refractivity contribution in [3.63, 3.8) is 0 Å². The van der Waals surface area contributed by atoms with Gasteiger partial charge in [0.05, 0.1) is 10.2 Å². The van der Waals surface area contributed by atoms with Crippen LogP contribution in [0.1, 0.15) is 40.0 Å². The minimum absolute atomic E-state index is 0.356. The average molecular weight is 301 g/mol. The molecule has 21 heavy (non-hydrogen) atoms. The Morgan fingerprint density at radius 3 is 2.71 bits per heavy atom. The number of hydrogen-bond donors (Lipinski definition) is 0. The average Bonchev–Trinajstić information content (AvgIpc) is 2.72. The Morgan fingerprint density at radius 2 is 2.00 bits per heavy atom. The van der Waals surface area contributed by atoms with Gasteiger partial charge in [0.2, 0.25) is 4.80 Å². The Hall–Kier alpha value is -1.42. The Morgan fingerprint density at radius 1 is 1.24 bits per heavy atom. The van der Waals surface area contributed by atoms with Gasteiger partial charge in [-0.1, -0.05) is 44.2 Å². The molecule has 1 aromatic heterocycles. The molecule has 1 aromatic carbocycles. The molecule has 0 bridgehead atoms. The van der Waals surface area contributed by atoms with E-state index in [1.54, 1.807) is 11.3 Å². The zero-order valence-corrected chi connectivity index (χ0v) is 14.1. The quantitative estimate of drug-likeness (QED) is 0.701. The Balaban J connectivity index is 1.97. The third kappa shape index (κ3) is 3.10. The van der Waals surface area contributed by atoms with Crippen molar-refractivity contribution >= 4 is 27.3 Å². The molecule has 1 aliphatic rings. The monoisotopic (exact) mass is 301 g/mol. The van der Waals surface area contributed by atoms with E-state index in [2.05, 4.69) is 66.9 Å². The molecule has 1 aliphatic carbocycles. The maximum atomic E-state index is 4.59. The van der Waals surface area contributed by atoms with Crippen LogP contribution in [0, 0.1) is 11.3 Å². The Kier molecular flexibility index (Phi) is 3.74. The van der Waals surface area contributed by atoms with Gasteiger partial charge in [0.15, 0.2) is 0 Å². The van der Waals surface area contributed by atoms with Crippen LogP contribution in [0.15, 0.2) is 34.5 Å². The third-order valence-corrected chi connectivity index (χ3v) is 5.26. The lowest BCUT2D eigenvalue weighted by Crippen LogP contribution is -2.27. The molecule has 112 valence electrons. The number of thiazole rings is 1. The largest absolute Gasteiger partial charge is 0.318 e. The molecule has 0 radical (unpaired) electrons. The molecule has 1 heterocycles. The van der Waals surface area contributed by atoms with E-state index >= 15 is 0 Å². The second-order valence-corrected chi connectivity index (χ2v) is 8.04. The van der Waals surface area contributed by atoms with Gasteiger partial charge in [0, 0.05) is 12.8 Å². The summed E-state index contributed by atoms with van der Waals surface area (Å²) >= 11 is 1.70. The normalized spacial score (nSPS) is 24.9. The summed E-state index contributed by atoms with van der Waals surface area (Å²) in [6.07, 6.45) is 3.43. The zero-order chi connectivity index (χ0) is 15.0. The molecule has 0 N–H and O–H groups in total. The van der Waals surface area contributed by atoms with Gasteiger partial charge in [-0.3, -0.25) is 0 Å². The summed E-state index contributed by atoms with van der Waals surface area (Å²) in [5, 5.41) is 9.12. The van der Waals surface area contributed by atoms with Crippen LogP contribution in [0.25, 0.3) is 10.2 Å². The maximum absolute atomic E-state index is 4.59. The molecule has 1 saturated carbocycles. The van der Waals surface area contributed by atoms with Crippen molar-refractivity contribution in [2.24, 2.45) is 28.6 Å². The van der Waals surface area contributed by atoms with Crippen LogP contribution in [0.2, 0.25) is 0 Å². The maximum Gasteiger partial charge on any atom is 0.211 e. The summed E-state index contributed by atoms with van der Waals surface area (Å²) in [5.74, 6) is 0.707. The SMILES string of the molecule is CC1C/C(=N\N=c2\sc3ccccc3n2C)CC(C)(C)C1. The molecule has 4 heteroatoms. The topological polar surface area (TPSA) is 29.6 Å². The number of fused-ring (bicyclic) bond motifs is 1. The van der Waals surface area contributed by atoms with E-state index in [9.17, 15) is 0 Å². The second kappa shape index (κ2) is 5.41. The van der Waals surface area contributed by atoms with Crippen LogP contribution < -0.4 is 4.80 Å². The Bertz CT molecular complexity index is 749. The van der Waals surface area contributed by atoms with Crippen molar-refractivity contribution in [3.05, 3.63) is 29.1 Å². The summed E-state index contributed by atoms with van der Waals surface area (Å²) in [5.41, 5.74) is 2.82. The predicted octanol–water partition coefficient (Wildman–Crippen LogP) is 4.34. The number of hydrogen-bond acceptors (Lipinski definition) is 3. The minimum atomic E-state index is 0.356. The van der Waals surface area contributed by atoms with Gasteiger partial charge in [-0.05, 0) is 42.7 Å². The van der Waals surface area contributed by atoms with Gasteiger partial charge in [0.25, 0.3) is 0 Å². The van der Waals surface area contributed by atoms with Crippen LogP contribution in [0.4, 0.5) is 0 Å². The molecular weight excluding hydrogens is 278 g/mol. The first kappa shape index (κ1) is 14.5. The number of aromatic nitrogens is 1. The molecule has 1 unspecified atom stereocenters. The molecule has 1 atom stereocenters. The van der Waals surface area contributed by atoms with Gasteiger partial charge in [-0.15, -0.1) is 5.10 Å². The summed E-state index contributed by atoms with van der Waals surface area (Å²) in [6.45, 7) is 6.98. The fraction of sp³-hybridized carbons (Fsp3) is 0.529. The fourth-order valence-corrected chi connectivity index (χ4v) is 4.45. The van der Waals surface area contributed by atoms with E-state index in [-0.39, 0.29) is 0 Å². The summed E-state index contributed by atoms with van der Waals surface area (Å²) < 4.78 is 3.39. The molecule has 0 aliphatic heterocycles. The standard InChI is InChI=1S/C17H23N3S/c1-12-9-13(11-17(2,3)10-12)18-19-16-20(4)14-7-5-6-8-15(14)21-16/h5-8,12H,9-11H2,1-4H3/b18-13+,19-16+. The molecular formula is C17H23N3S.